The van der Waals surface area contributed by atoms with E-state index >= 15 is 0 Å². The summed E-state index contributed by atoms with van der Waals surface area (Å²) in [5.74, 6) is 0. The molecule has 7 rings (SSSR count). The van der Waals surface area contributed by atoms with Gasteiger partial charge >= 0.3 is 0 Å². The van der Waals surface area contributed by atoms with Gasteiger partial charge in [-0.25, -0.2) is 0 Å². The number of fused-ring (bicyclic) bond motifs is 2. The maximum atomic E-state index is 3.82. The van der Waals surface area contributed by atoms with E-state index in [0.29, 0.717) is 0 Å². The average molecular weight is 637 g/mol. The highest BCUT2D eigenvalue weighted by atomic mass is 15.2. The fourth-order valence-electron chi connectivity index (χ4n) is 7.41. The van der Waals surface area contributed by atoms with Crippen molar-refractivity contribution in [2.24, 2.45) is 0 Å². The SMILES string of the molecule is C=C/C=C\C=C\N(c1ccc(C2=CC=C(N(c3c(C)ccc4ccccc34)C3(C)C=CC=CC3)CC2)cc1)c1c(C)ccc2ccccc12. The van der Waals surface area contributed by atoms with Crippen LogP contribution in [0.5, 0.6) is 0 Å². The Bertz CT molecular complexity index is 2210. The molecule has 0 radical (unpaired) electrons. The summed E-state index contributed by atoms with van der Waals surface area (Å²) in [4.78, 5) is 4.93. The van der Waals surface area contributed by atoms with Crippen LogP contribution in [-0.4, -0.2) is 5.54 Å². The predicted octanol–water partition coefficient (Wildman–Crippen LogP) is 12.8. The van der Waals surface area contributed by atoms with Gasteiger partial charge in [0, 0.05) is 28.4 Å². The van der Waals surface area contributed by atoms with Crippen molar-refractivity contribution in [3.8, 4) is 0 Å². The molecule has 0 heterocycles. The van der Waals surface area contributed by atoms with Crippen molar-refractivity contribution in [1.82, 2.24) is 0 Å². The van der Waals surface area contributed by atoms with Crippen LogP contribution in [0.25, 0.3) is 27.1 Å². The molecule has 1 atom stereocenters. The van der Waals surface area contributed by atoms with Crippen molar-refractivity contribution >= 4 is 44.2 Å². The van der Waals surface area contributed by atoms with E-state index in [0.717, 1.165) is 24.9 Å². The maximum absolute atomic E-state index is 3.82. The first-order chi connectivity index (χ1) is 24.0. The third kappa shape index (κ3) is 6.35. The minimum absolute atomic E-state index is 0.153. The van der Waals surface area contributed by atoms with E-state index in [4.69, 9.17) is 0 Å². The smallest absolute Gasteiger partial charge is 0.0640 e. The average Bonchev–Trinajstić information content (AvgIpc) is 3.14. The highest BCUT2D eigenvalue weighted by molar-refractivity contribution is 5.99. The van der Waals surface area contributed by atoms with E-state index in [1.165, 1.54) is 60.9 Å². The van der Waals surface area contributed by atoms with Crippen LogP contribution in [0.3, 0.4) is 0 Å². The van der Waals surface area contributed by atoms with Crippen molar-refractivity contribution in [2.45, 2.75) is 45.6 Å². The van der Waals surface area contributed by atoms with Gasteiger partial charge in [-0.2, -0.15) is 0 Å². The molecule has 242 valence electrons. The first-order valence-electron chi connectivity index (χ1n) is 17.3. The van der Waals surface area contributed by atoms with Crippen LogP contribution in [0.1, 0.15) is 42.9 Å². The van der Waals surface area contributed by atoms with Gasteiger partial charge in [0.15, 0.2) is 0 Å². The Morgan fingerprint density at radius 1 is 0.673 bits per heavy atom. The fraction of sp³-hybridized carbons (Fsp3) is 0.149. The summed E-state index contributed by atoms with van der Waals surface area (Å²) in [5.41, 5.74) is 10.0. The second kappa shape index (κ2) is 13.9. The number of nitrogens with zero attached hydrogens (tertiary/aromatic N) is 2. The van der Waals surface area contributed by atoms with Gasteiger partial charge in [0.05, 0.1) is 16.9 Å². The van der Waals surface area contributed by atoms with E-state index in [9.17, 15) is 0 Å². The molecule has 5 aromatic carbocycles. The number of hydrogen-bond acceptors (Lipinski definition) is 2. The molecule has 0 saturated heterocycles. The van der Waals surface area contributed by atoms with Crippen molar-refractivity contribution in [2.75, 3.05) is 9.80 Å². The summed E-state index contributed by atoms with van der Waals surface area (Å²) in [6.07, 6.45) is 26.7. The van der Waals surface area contributed by atoms with Crippen molar-refractivity contribution < 1.29 is 0 Å². The number of aryl methyl sites for hydroxylation is 2. The number of rotatable bonds is 9. The Morgan fingerprint density at radius 2 is 1.35 bits per heavy atom. The van der Waals surface area contributed by atoms with E-state index in [2.05, 4.69) is 183 Å². The second-order valence-electron chi connectivity index (χ2n) is 13.3. The lowest BCUT2D eigenvalue weighted by Gasteiger charge is -2.45. The normalized spacial score (nSPS) is 17.5. The molecule has 5 aromatic rings. The molecule has 0 bridgehead atoms. The highest BCUT2D eigenvalue weighted by Gasteiger charge is 2.34. The molecule has 0 saturated carbocycles. The number of hydrogen-bond donors (Lipinski definition) is 0. The molecule has 2 aliphatic carbocycles. The molecule has 2 aliphatic rings. The Hall–Kier alpha value is -5.60. The minimum atomic E-state index is -0.153. The molecule has 2 nitrogen and oxygen atoms in total. The number of benzene rings is 5. The zero-order valence-electron chi connectivity index (χ0n) is 28.8. The van der Waals surface area contributed by atoms with Crippen LogP contribution in [0.15, 0.2) is 176 Å². The van der Waals surface area contributed by atoms with Crippen molar-refractivity contribution in [3.63, 3.8) is 0 Å². The van der Waals surface area contributed by atoms with Crippen molar-refractivity contribution in [3.05, 3.63) is 193 Å². The lowest BCUT2D eigenvalue weighted by atomic mass is 9.86. The first kappa shape index (κ1) is 32.0. The Labute approximate surface area is 291 Å². The highest BCUT2D eigenvalue weighted by Crippen LogP contribution is 2.43. The minimum Gasteiger partial charge on any atom is -0.335 e. The molecular formula is C47H44N2. The Morgan fingerprint density at radius 3 is 1.98 bits per heavy atom. The van der Waals surface area contributed by atoms with Gasteiger partial charge in [-0.05, 0) is 97.4 Å². The first-order valence-corrected chi connectivity index (χ1v) is 17.3. The zero-order chi connectivity index (χ0) is 33.8. The maximum Gasteiger partial charge on any atom is 0.0640 e. The third-order valence-corrected chi connectivity index (χ3v) is 9.94. The molecule has 0 aliphatic heterocycles. The Kier molecular flexibility index (Phi) is 9.05. The van der Waals surface area contributed by atoms with Gasteiger partial charge in [-0.15, -0.1) is 0 Å². The van der Waals surface area contributed by atoms with Gasteiger partial charge < -0.3 is 9.80 Å². The topological polar surface area (TPSA) is 6.48 Å². The van der Waals surface area contributed by atoms with Crippen LogP contribution in [-0.2, 0) is 0 Å². The molecule has 0 spiro atoms. The lowest BCUT2D eigenvalue weighted by molar-refractivity contribution is 0.542. The van der Waals surface area contributed by atoms with E-state index < -0.39 is 0 Å². The monoisotopic (exact) mass is 636 g/mol. The molecule has 2 heteroatoms. The summed E-state index contributed by atoms with van der Waals surface area (Å²) in [5, 5.41) is 5.05. The van der Waals surface area contributed by atoms with Gasteiger partial charge in [0.2, 0.25) is 0 Å². The number of anilines is 3. The fourth-order valence-corrected chi connectivity index (χ4v) is 7.41. The molecule has 0 amide bonds. The summed E-state index contributed by atoms with van der Waals surface area (Å²) in [7, 11) is 0. The molecule has 0 N–H and O–H groups in total. The summed E-state index contributed by atoms with van der Waals surface area (Å²) >= 11 is 0. The molecule has 0 aromatic heterocycles. The van der Waals surface area contributed by atoms with Crippen molar-refractivity contribution in [1.29, 1.82) is 0 Å². The molecular weight excluding hydrogens is 593 g/mol. The van der Waals surface area contributed by atoms with Crippen LogP contribution >= 0.6 is 0 Å². The van der Waals surface area contributed by atoms with Crippen LogP contribution in [0, 0.1) is 13.8 Å². The largest absolute Gasteiger partial charge is 0.335 e. The summed E-state index contributed by atoms with van der Waals surface area (Å²) in [6.45, 7) is 10.6. The summed E-state index contributed by atoms with van der Waals surface area (Å²) in [6, 6.07) is 35.4. The zero-order valence-corrected chi connectivity index (χ0v) is 28.8. The van der Waals surface area contributed by atoms with Gasteiger partial charge in [-0.3, -0.25) is 0 Å². The van der Waals surface area contributed by atoms with Crippen LogP contribution < -0.4 is 9.80 Å². The molecule has 49 heavy (non-hydrogen) atoms. The van der Waals surface area contributed by atoms with E-state index in [-0.39, 0.29) is 5.54 Å². The van der Waals surface area contributed by atoms with E-state index in [1.807, 2.05) is 12.2 Å². The lowest BCUT2D eigenvalue weighted by Crippen LogP contribution is -2.45. The molecule has 0 fully saturated rings. The molecule has 1 unspecified atom stereocenters. The summed E-state index contributed by atoms with van der Waals surface area (Å²) < 4.78 is 0. The van der Waals surface area contributed by atoms with Gasteiger partial charge in [0.25, 0.3) is 0 Å². The standard InChI is InChI=1S/C47H44N2/c1-5-6-7-15-34-48(45-35(2)20-22-39-16-9-11-18-43(39)45)41-28-24-37(25-29-41)38-26-30-42(31-27-38)49(47(4)32-13-8-14-33-47)46-36(3)21-23-40-17-10-12-19-44(40)46/h5-26,28-30,32,34H,1,27,31,33H2,2-4H3/b7-6-,34-15+. The van der Waals surface area contributed by atoms with Gasteiger partial charge in [-0.1, -0.05) is 140 Å². The number of allylic oxidation sites excluding steroid dienone is 10. The second-order valence-corrected chi connectivity index (χ2v) is 13.3. The van der Waals surface area contributed by atoms with Gasteiger partial charge in [0.1, 0.15) is 0 Å². The third-order valence-electron chi connectivity index (χ3n) is 9.94. The quantitative estimate of drug-likeness (QED) is 0.149. The van der Waals surface area contributed by atoms with Crippen LogP contribution in [0.2, 0.25) is 0 Å². The van der Waals surface area contributed by atoms with E-state index in [1.54, 1.807) is 6.08 Å². The predicted molar refractivity (Wildman–Crippen MR) is 214 cm³/mol. The van der Waals surface area contributed by atoms with Crippen LogP contribution in [0.4, 0.5) is 17.1 Å². The Balaban J connectivity index is 1.25.